The summed E-state index contributed by atoms with van der Waals surface area (Å²) in [5, 5.41) is 3.23. The fraction of sp³-hybridized carbons (Fsp3) is 0.429. The van der Waals surface area contributed by atoms with Gasteiger partial charge >= 0.3 is 0 Å². The Morgan fingerprint density at radius 3 is 3.05 bits per heavy atom. The Bertz CT molecular complexity index is 657. The highest BCUT2D eigenvalue weighted by Crippen LogP contribution is 2.18. The lowest BCUT2D eigenvalue weighted by Gasteiger charge is -2.26. The van der Waals surface area contributed by atoms with Gasteiger partial charge in [0.25, 0.3) is 0 Å². The Kier molecular flexibility index (Phi) is 3.65. The molecule has 0 unspecified atom stereocenters. The van der Waals surface area contributed by atoms with Crippen LogP contribution >= 0.6 is 15.9 Å². The summed E-state index contributed by atoms with van der Waals surface area (Å²) < 4.78 is 3.06. The third-order valence-electron chi connectivity index (χ3n) is 3.62. The first-order valence-electron chi connectivity index (χ1n) is 6.82. The number of nitrogens with two attached hydrogens (primary N) is 1. The predicted molar refractivity (Wildman–Crippen MR) is 83.7 cm³/mol. The van der Waals surface area contributed by atoms with Crippen molar-refractivity contribution >= 4 is 27.5 Å². The topological polar surface area (TPSA) is 67.7 Å². The minimum absolute atomic E-state index is 0.504. The monoisotopic (exact) mass is 335 g/mol. The zero-order valence-electron chi connectivity index (χ0n) is 11.4. The fourth-order valence-corrected chi connectivity index (χ4v) is 2.89. The quantitative estimate of drug-likeness (QED) is 0.668. The number of aryl methyl sites for hydroxylation is 1. The highest BCUT2D eigenvalue weighted by Gasteiger charge is 2.17. The molecule has 1 fully saturated rings. The van der Waals surface area contributed by atoms with E-state index in [1.165, 1.54) is 19.3 Å². The van der Waals surface area contributed by atoms with Gasteiger partial charge in [0.2, 0.25) is 0 Å². The largest absolute Gasteiger partial charge is 0.370 e. The van der Waals surface area contributed by atoms with Crippen molar-refractivity contribution in [2.75, 3.05) is 0 Å². The van der Waals surface area contributed by atoms with E-state index in [1.807, 2.05) is 23.7 Å². The van der Waals surface area contributed by atoms with E-state index in [4.69, 9.17) is 5.73 Å². The number of aromatic nitrogens is 2. The van der Waals surface area contributed by atoms with Crippen LogP contribution in [0.2, 0.25) is 0 Å². The van der Waals surface area contributed by atoms with Crippen molar-refractivity contribution in [1.82, 2.24) is 14.7 Å². The maximum atomic E-state index is 5.88. The van der Waals surface area contributed by atoms with Gasteiger partial charge in [0.15, 0.2) is 5.96 Å². The fourth-order valence-electron chi connectivity index (χ4n) is 2.33. The first kappa shape index (κ1) is 13.4. The highest BCUT2D eigenvalue weighted by molar-refractivity contribution is 9.10. The molecule has 2 aromatic heterocycles. The molecule has 0 amide bonds. The van der Waals surface area contributed by atoms with E-state index in [0.717, 1.165) is 21.4 Å². The minimum atomic E-state index is 0.504. The van der Waals surface area contributed by atoms with Gasteiger partial charge in [-0.05, 0) is 53.7 Å². The minimum Gasteiger partial charge on any atom is -0.370 e. The molecule has 6 heteroatoms. The molecule has 2 aromatic rings. The molecule has 0 radical (unpaired) electrons. The summed E-state index contributed by atoms with van der Waals surface area (Å²) in [5.74, 6) is 0.518. The molecule has 1 aliphatic rings. The molecule has 0 spiro atoms. The van der Waals surface area contributed by atoms with Crippen molar-refractivity contribution in [3.8, 4) is 0 Å². The molecule has 5 nitrogen and oxygen atoms in total. The van der Waals surface area contributed by atoms with Crippen LogP contribution in [0, 0.1) is 6.92 Å². The van der Waals surface area contributed by atoms with Gasteiger partial charge in [-0.15, -0.1) is 0 Å². The number of halogens is 1. The van der Waals surface area contributed by atoms with E-state index in [2.05, 4.69) is 37.3 Å². The summed E-state index contributed by atoms with van der Waals surface area (Å²) in [6.45, 7) is 2.55. The molecule has 20 heavy (non-hydrogen) atoms. The van der Waals surface area contributed by atoms with Crippen molar-refractivity contribution in [3.05, 3.63) is 34.2 Å². The zero-order chi connectivity index (χ0) is 14.1. The Balaban J connectivity index is 1.74. The van der Waals surface area contributed by atoms with Gasteiger partial charge in [-0.25, -0.2) is 9.98 Å². The van der Waals surface area contributed by atoms with Crippen LogP contribution in [-0.2, 0) is 6.54 Å². The van der Waals surface area contributed by atoms with E-state index in [9.17, 15) is 0 Å². The van der Waals surface area contributed by atoms with Crippen LogP contribution in [0.4, 0.5) is 0 Å². The number of aliphatic imine (C=N–C) groups is 1. The smallest absolute Gasteiger partial charge is 0.189 e. The lowest BCUT2D eigenvalue weighted by molar-refractivity contribution is 0.382. The number of imidazole rings is 1. The van der Waals surface area contributed by atoms with Gasteiger partial charge in [-0.2, -0.15) is 0 Å². The molecule has 0 aromatic carbocycles. The normalized spacial score (nSPS) is 16.4. The van der Waals surface area contributed by atoms with Crippen LogP contribution in [-0.4, -0.2) is 21.4 Å². The van der Waals surface area contributed by atoms with Crippen LogP contribution in [0.3, 0.4) is 0 Å². The highest BCUT2D eigenvalue weighted by atomic mass is 79.9. The molecule has 106 valence electrons. The summed E-state index contributed by atoms with van der Waals surface area (Å²) in [4.78, 5) is 8.95. The van der Waals surface area contributed by atoms with Crippen LogP contribution in [0.25, 0.3) is 5.65 Å². The number of nitrogens with zero attached hydrogens (tertiary/aromatic N) is 3. The Hall–Kier alpha value is -1.56. The average molecular weight is 336 g/mol. The van der Waals surface area contributed by atoms with E-state index in [-0.39, 0.29) is 0 Å². The third-order valence-corrected chi connectivity index (χ3v) is 4.05. The van der Waals surface area contributed by atoms with Crippen molar-refractivity contribution in [2.24, 2.45) is 10.7 Å². The van der Waals surface area contributed by atoms with E-state index in [0.29, 0.717) is 18.5 Å². The molecular formula is C14H18BrN5. The first-order chi connectivity index (χ1) is 9.61. The SMILES string of the molecule is Cc1cc(Br)cn2cc(CN=C(N)NC3CCC3)nc12. The molecule has 0 saturated heterocycles. The third kappa shape index (κ3) is 2.80. The van der Waals surface area contributed by atoms with Gasteiger partial charge in [0.1, 0.15) is 5.65 Å². The van der Waals surface area contributed by atoms with Gasteiger partial charge in [-0.1, -0.05) is 0 Å². The number of nitrogens with one attached hydrogen (secondary N) is 1. The second kappa shape index (κ2) is 5.44. The number of hydrogen-bond acceptors (Lipinski definition) is 2. The molecular weight excluding hydrogens is 318 g/mol. The Morgan fingerprint density at radius 2 is 2.35 bits per heavy atom. The number of hydrogen-bond donors (Lipinski definition) is 2. The summed E-state index contributed by atoms with van der Waals surface area (Å²) in [7, 11) is 0. The number of guanidine groups is 1. The maximum absolute atomic E-state index is 5.88. The average Bonchev–Trinajstić information content (AvgIpc) is 2.74. The summed E-state index contributed by atoms with van der Waals surface area (Å²) in [6.07, 6.45) is 7.66. The summed E-state index contributed by atoms with van der Waals surface area (Å²) in [6, 6.07) is 2.57. The van der Waals surface area contributed by atoms with Crippen molar-refractivity contribution < 1.29 is 0 Å². The summed E-state index contributed by atoms with van der Waals surface area (Å²) >= 11 is 3.49. The van der Waals surface area contributed by atoms with Crippen molar-refractivity contribution in [3.63, 3.8) is 0 Å². The standard InChI is InChI=1S/C14H18BrN5/c1-9-5-10(15)7-20-8-12(18-13(9)20)6-17-14(16)19-11-3-2-4-11/h5,7-8,11H,2-4,6H2,1H3,(H3,16,17,19). The molecule has 1 aliphatic carbocycles. The van der Waals surface area contributed by atoms with Crippen LogP contribution < -0.4 is 11.1 Å². The van der Waals surface area contributed by atoms with E-state index in [1.54, 1.807) is 0 Å². The van der Waals surface area contributed by atoms with Crippen LogP contribution in [0.1, 0.15) is 30.5 Å². The maximum Gasteiger partial charge on any atom is 0.189 e. The zero-order valence-corrected chi connectivity index (χ0v) is 13.0. The second-order valence-electron chi connectivity index (χ2n) is 5.28. The van der Waals surface area contributed by atoms with Gasteiger partial charge in [0, 0.05) is 22.9 Å². The Morgan fingerprint density at radius 1 is 1.55 bits per heavy atom. The van der Waals surface area contributed by atoms with E-state index < -0.39 is 0 Å². The molecule has 3 N–H and O–H groups in total. The number of fused-ring (bicyclic) bond motifs is 1. The summed E-state index contributed by atoms with van der Waals surface area (Å²) in [5.41, 5.74) is 8.89. The number of pyridine rings is 1. The van der Waals surface area contributed by atoms with Crippen molar-refractivity contribution in [1.29, 1.82) is 0 Å². The molecule has 2 heterocycles. The molecule has 0 bridgehead atoms. The van der Waals surface area contributed by atoms with Crippen LogP contribution in [0.15, 0.2) is 27.9 Å². The molecule has 1 saturated carbocycles. The first-order valence-corrected chi connectivity index (χ1v) is 7.61. The number of rotatable bonds is 3. The molecule has 0 atom stereocenters. The van der Waals surface area contributed by atoms with Crippen LogP contribution in [0.5, 0.6) is 0 Å². The molecule has 0 aliphatic heterocycles. The van der Waals surface area contributed by atoms with Crippen molar-refractivity contribution in [2.45, 2.75) is 38.8 Å². The molecule has 3 rings (SSSR count). The van der Waals surface area contributed by atoms with E-state index >= 15 is 0 Å². The Labute approximate surface area is 126 Å². The van der Waals surface area contributed by atoms with Gasteiger partial charge in [0.05, 0.1) is 12.2 Å². The van der Waals surface area contributed by atoms with Gasteiger partial charge in [-0.3, -0.25) is 0 Å². The second-order valence-corrected chi connectivity index (χ2v) is 6.19. The van der Waals surface area contributed by atoms with Gasteiger partial charge < -0.3 is 15.5 Å². The lowest BCUT2D eigenvalue weighted by atomic mass is 9.93. The lowest BCUT2D eigenvalue weighted by Crippen LogP contribution is -2.43. The predicted octanol–water partition coefficient (Wildman–Crippen LogP) is 2.36.